The number of rotatable bonds is 2. The Bertz CT molecular complexity index is 302. The second-order valence-electron chi connectivity index (χ2n) is 6.02. The van der Waals surface area contributed by atoms with Crippen molar-refractivity contribution in [2.24, 2.45) is 12.5 Å². The second kappa shape index (κ2) is 3.41. The van der Waals surface area contributed by atoms with E-state index in [1.807, 2.05) is 17.9 Å². The van der Waals surface area contributed by atoms with Crippen LogP contribution in [0.3, 0.4) is 0 Å². The Hall–Kier alpha value is -0.790. The maximum atomic E-state index is 4.23. The fraction of sp³-hybridized carbons (Fsp3) is 0.750. The number of aryl methyl sites for hydroxylation is 1. The first-order valence-electron chi connectivity index (χ1n) is 5.20. The van der Waals surface area contributed by atoms with Crippen molar-refractivity contribution in [3.63, 3.8) is 0 Å². The number of hydrogen-bond donors (Lipinski definition) is 0. The molecule has 0 N–H and O–H groups in total. The zero-order valence-electron chi connectivity index (χ0n) is 10.3. The summed E-state index contributed by atoms with van der Waals surface area (Å²) in [4.78, 5) is 0. The number of aromatic nitrogens is 2. The fourth-order valence-electron chi connectivity index (χ4n) is 2.20. The summed E-state index contributed by atoms with van der Waals surface area (Å²) in [5, 5.41) is 4.23. The fourth-order valence-corrected chi connectivity index (χ4v) is 2.20. The van der Waals surface area contributed by atoms with E-state index < -0.39 is 0 Å². The number of hydrogen-bond acceptors (Lipinski definition) is 1. The molecular formula is C12H22N2. The molecule has 1 heterocycles. The van der Waals surface area contributed by atoms with Gasteiger partial charge in [0, 0.05) is 13.2 Å². The highest BCUT2D eigenvalue weighted by Crippen LogP contribution is 2.35. The molecule has 0 saturated carbocycles. The van der Waals surface area contributed by atoms with Crippen molar-refractivity contribution < 1.29 is 0 Å². The molecular weight excluding hydrogens is 172 g/mol. The van der Waals surface area contributed by atoms with E-state index in [4.69, 9.17) is 0 Å². The smallest absolute Gasteiger partial charge is 0.0527 e. The first kappa shape index (κ1) is 11.3. The molecule has 80 valence electrons. The van der Waals surface area contributed by atoms with E-state index in [-0.39, 0.29) is 5.41 Å². The van der Waals surface area contributed by atoms with E-state index in [9.17, 15) is 0 Å². The quantitative estimate of drug-likeness (QED) is 0.707. The van der Waals surface area contributed by atoms with Crippen molar-refractivity contribution in [1.82, 2.24) is 9.78 Å². The van der Waals surface area contributed by atoms with Crippen LogP contribution in [-0.2, 0) is 12.5 Å². The van der Waals surface area contributed by atoms with Crippen LogP contribution in [0.25, 0.3) is 0 Å². The maximum Gasteiger partial charge on any atom is 0.0527 e. The summed E-state index contributed by atoms with van der Waals surface area (Å²) in [6.07, 6.45) is 5.27. The van der Waals surface area contributed by atoms with Gasteiger partial charge in [0.2, 0.25) is 0 Å². The lowest BCUT2D eigenvalue weighted by atomic mass is 9.73. The molecule has 0 spiro atoms. The molecule has 0 radical (unpaired) electrons. The van der Waals surface area contributed by atoms with E-state index in [0.29, 0.717) is 5.41 Å². The van der Waals surface area contributed by atoms with Crippen LogP contribution in [-0.4, -0.2) is 9.78 Å². The summed E-state index contributed by atoms with van der Waals surface area (Å²) in [5.41, 5.74) is 1.90. The summed E-state index contributed by atoms with van der Waals surface area (Å²) < 4.78 is 1.87. The van der Waals surface area contributed by atoms with Crippen LogP contribution < -0.4 is 0 Å². The van der Waals surface area contributed by atoms with Gasteiger partial charge in [-0.2, -0.15) is 5.10 Å². The summed E-state index contributed by atoms with van der Waals surface area (Å²) >= 11 is 0. The van der Waals surface area contributed by atoms with Crippen molar-refractivity contribution in [2.45, 2.75) is 46.5 Å². The molecule has 0 fully saturated rings. The molecule has 14 heavy (non-hydrogen) atoms. The summed E-state index contributed by atoms with van der Waals surface area (Å²) in [5.74, 6) is 0. The van der Waals surface area contributed by atoms with E-state index in [2.05, 4.69) is 45.9 Å². The van der Waals surface area contributed by atoms with Crippen LogP contribution in [0.4, 0.5) is 0 Å². The Morgan fingerprint density at radius 3 is 2.14 bits per heavy atom. The molecule has 0 bridgehead atoms. The summed E-state index contributed by atoms with van der Waals surface area (Å²) in [6.45, 7) is 11.4. The van der Waals surface area contributed by atoms with Gasteiger partial charge in [-0.3, -0.25) is 4.68 Å². The van der Waals surface area contributed by atoms with Crippen molar-refractivity contribution >= 4 is 0 Å². The monoisotopic (exact) mass is 194 g/mol. The Kier molecular flexibility index (Phi) is 2.75. The first-order valence-corrected chi connectivity index (χ1v) is 5.20. The SMILES string of the molecule is Cn1cc(C(C)(C)CC(C)(C)C)cn1. The molecule has 0 aliphatic heterocycles. The molecule has 0 saturated heterocycles. The molecule has 1 aromatic rings. The molecule has 1 rings (SSSR count). The molecule has 0 amide bonds. The van der Waals surface area contributed by atoms with E-state index in [1.165, 1.54) is 12.0 Å². The minimum Gasteiger partial charge on any atom is -0.276 e. The van der Waals surface area contributed by atoms with Gasteiger partial charge in [-0.15, -0.1) is 0 Å². The van der Waals surface area contributed by atoms with E-state index >= 15 is 0 Å². The molecule has 0 aromatic carbocycles. The topological polar surface area (TPSA) is 17.8 Å². The highest BCUT2D eigenvalue weighted by atomic mass is 15.2. The molecule has 2 heteroatoms. The molecule has 0 aliphatic rings. The third kappa shape index (κ3) is 2.86. The van der Waals surface area contributed by atoms with E-state index in [1.54, 1.807) is 0 Å². The molecule has 0 unspecified atom stereocenters. The Morgan fingerprint density at radius 1 is 1.21 bits per heavy atom. The minimum atomic E-state index is 0.215. The highest BCUT2D eigenvalue weighted by Gasteiger charge is 2.28. The second-order valence-corrected chi connectivity index (χ2v) is 6.02. The van der Waals surface area contributed by atoms with Crippen LogP contribution in [0, 0.1) is 5.41 Å². The maximum absolute atomic E-state index is 4.23. The van der Waals surface area contributed by atoms with Gasteiger partial charge in [0.25, 0.3) is 0 Å². The minimum absolute atomic E-state index is 0.215. The molecule has 1 aromatic heterocycles. The standard InChI is InChI=1S/C12H22N2/c1-11(2,3)9-12(4,5)10-7-13-14(6)8-10/h7-8H,9H2,1-6H3. The first-order chi connectivity index (χ1) is 6.21. The summed E-state index contributed by atoms with van der Waals surface area (Å²) in [7, 11) is 1.97. The van der Waals surface area contributed by atoms with Gasteiger partial charge in [0.1, 0.15) is 0 Å². The summed E-state index contributed by atoms with van der Waals surface area (Å²) in [6, 6.07) is 0. The van der Waals surface area contributed by atoms with Gasteiger partial charge < -0.3 is 0 Å². The van der Waals surface area contributed by atoms with Gasteiger partial charge in [-0.05, 0) is 22.8 Å². The average Bonchev–Trinajstić information content (AvgIpc) is 2.29. The normalized spacial score (nSPS) is 13.3. The Labute approximate surface area is 87.3 Å². The zero-order chi connectivity index (χ0) is 11.0. The third-order valence-electron chi connectivity index (χ3n) is 2.46. The zero-order valence-corrected chi connectivity index (χ0v) is 10.3. The van der Waals surface area contributed by atoms with Crippen molar-refractivity contribution in [3.05, 3.63) is 18.0 Å². The van der Waals surface area contributed by atoms with Crippen LogP contribution in [0.5, 0.6) is 0 Å². The van der Waals surface area contributed by atoms with Crippen LogP contribution in [0.2, 0.25) is 0 Å². The average molecular weight is 194 g/mol. The predicted molar refractivity (Wildman–Crippen MR) is 60.3 cm³/mol. The van der Waals surface area contributed by atoms with Crippen molar-refractivity contribution in [1.29, 1.82) is 0 Å². The third-order valence-corrected chi connectivity index (χ3v) is 2.46. The van der Waals surface area contributed by atoms with Crippen LogP contribution in [0.15, 0.2) is 12.4 Å². The lowest BCUT2D eigenvalue weighted by molar-refractivity contribution is 0.284. The van der Waals surface area contributed by atoms with Gasteiger partial charge in [-0.25, -0.2) is 0 Å². The van der Waals surface area contributed by atoms with E-state index in [0.717, 1.165) is 0 Å². The van der Waals surface area contributed by atoms with Crippen molar-refractivity contribution in [3.8, 4) is 0 Å². The lowest BCUT2D eigenvalue weighted by Crippen LogP contribution is -2.24. The molecule has 2 nitrogen and oxygen atoms in total. The predicted octanol–water partition coefficient (Wildman–Crippen LogP) is 3.13. The van der Waals surface area contributed by atoms with Crippen LogP contribution in [0.1, 0.15) is 46.6 Å². The van der Waals surface area contributed by atoms with Crippen molar-refractivity contribution in [2.75, 3.05) is 0 Å². The van der Waals surface area contributed by atoms with Gasteiger partial charge in [0.15, 0.2) is 0 Å². The van der Waals surface area contributed by atoms with Gasteiger partial charge in [-0.1, -0.05) is 34.6 Å². The molecule has 0 atom stereocenters. The number of nitrogens with zero attached hydrogens (tertiary/aromatic N) is 2. The highest BCUT2D eigenvalue weighted by molar-refractivity contribution is 5.17. The Balaban J connectivity index is 2.85. The lowest BCUT2D eigenvalue weighted by Gasteiger charge is -2.31. The largest absolute Gasteiger partial charge is 0.276 e. The molecule has 0 aliphatic carbocycles. The Morgan fingerprint density at radius 2 is 1.79 bits per heavy atom. The van der Waals surface area contributed by atoms with Gasteiger partial charge >= 0.3 is 0 Å². The van der Waals surface area contributed by atoms with Gasteiger partial charge in [0.05, 0.1) is 6.20 Å². The van der Waals surface area contributed by atoms with Crippen LogP contribution >= 0.6 is 0 Å².